The number of ether oxygens (including phenoxy) is 2. The number of benzene rings is 2. The zero-order chi connectivity index (χ0) is 20.1. The van der Waals surface area contributed by atoms with Crippen molar-refractivity contribution in [1.82, 2.24) is 5.32 Å². The maximum absolute atomic E-state index is 12.2. The predicted molar refractivity (Wildman–Crippen MR) is 108 cm³/mol. The molecule has 0 aromatic heterocycles. The highest BCUT2D eigenvalue weighted by Gasteiger charge is 2.24. The second kappa shape index (κ2) is 8.57. The van der Waals surface area contributed by atoms with Crippen LogP contribution in [0.2, 0.25) is 0 Å². The minimum atomic E-state index is -0.526. The second-order valence-electron chi connectivity index (χ2n) is 5.60. The SMILES string of the molecule is CCOc1ccc(N=C2NC(=O)/C(=C\c3ccc(OC)c([N+](=O)[O-])c3)S2)cc1. The van der Waals surface area contributed by atoms with Gasteiger partial charge in [-0.3, -0.25) is 14.9 Å². The molecule has 0 atom stereocenters. The number of nitrogens with zero attached hydrogens (tertiary/aromatic N) is 2. The minimum Gasteiger partial charge on any atom is -0.494 e. The molecule has 0 aliphatic carbocycles. The number of methoxy groups -OCH3 is 1. The van der Waals surface area contributed by atoms with E-state index in [4.69, 9.17) is 9.47 Å². The summed E-state index contributed by atoms with van der Waals surface area (Å²) in [6, 6.07) is 11.7. The first-order valence-electron chi connectivity index (χ1n) is 8.35. The Morgan fingerprint density at radius 2 is 2.00 bits per heavy atom. The Hall–Kier alpha value is -3.33. The molecule has 2 aromatic carbocycles. The molecular formula is C19H17N3O5S. The lowest BCUT2D eigenvalue weighted by atomic mass is 10.1. The molecule has 1 fully saturated rings. The smallest absolute Gasteiger partial charge is 0.311 e. The first kappa shape index (κ1) is 19.4. The summed E-state index contributed by atoms with van der Waals surface area (Å²) in [5, 5.41) is 14.3. The zero-order valence-corrected chi connectivity index (χ0v) is 16.0. The van der Waals surface area contributed by atoms with Gasteiger partial charge < -0.3 is 14.8 Å². The molecule has 1 amide bonds. The van der Waals surface area contributed by atoms with Gasteiger partial charge in [0.2, 0.25) is 0 Å². The van der Waals surface area contributed by atoms with Crippen LogP contribution in [0, 0.1) is 10.1 Å². The van der Waals surface area contributed by atoms with Crippen molar-refractivity contribution in [3.8, 4) is 11.5 Å². The average Bonchev–Trinajstić information content (AvgIpc) is 3.02. The highest BCUT2D eigenvalue weighted by atomic mass is 32.2. The summed E-state index contributed by atoms with van der Waals surface area (Å²) >= 11 is 1.17. The quantitative estimate of drug-likeness (QED) is 0.449. The van der Waals surface area contributed by atoms with Crippen LogP contribution in [0.15, 0.2) is 52.4 Å². The summed E-state index contributed by atoms with van der Waals surface area (Å²) in [6.07, 6.45) is 1.58. The maximum Gasteiger partial charge on any atom is 0.311 e. The van der Waals surface area contributed by atoms with E-state index in [1.165, 1.54) is 31.0 Å². The van der Waals surface area contributed by atoms with Crippen molar-refractivity contribution in [3.63, 3.8) is 0 Å². The van der Waals surface area contributed by atoms with Crippen molar-refractivity contribution in [1.29, 1.82) is 0 Å². The number of rotatable bonds is 6. The molecule has 28 heavy (non-hydrogen) atoms. The van der Waals surface area contributed by atoms with Crippen LogP contribution in [0.4, 0.5) is 11.4 Å². The molecule has 1 saturated heterocycles. The third-order valence-corrected chi connectivity index (χ3v) is 4.64. The van der Waals surface area contributed by atoms with E-state index in [9.17, 15) is 14.9 Å². The number of nitro benzene ring substituents is 1. The zero-order valence-electron chi connectivity index (χ0n) is 15.2. The summed E-state index contributed by atoms with van der Waals surface area (Å²) in [4.78, 5) is 27.6. The lowest BCUT2D eigenvalue weighted by Gasteiger charge is -2.02. The lowest BCUT2D eigenvalue weighted by molar-refractivity contribution is -0.385. The van der Waals surface area contributed by atoms with E-state index >= 15 is 0 Å². The molecule has 1 aliphatic rings. The molecule has 2 aromatic rings. The Balaban J connectivity index is 1.80. The number of thioether (sulfide) groups is 1. The van der Waals surface area contributed by atoms with Gasteiger partial charge in [-0.2, -0.15) is 0 Å². The number of carbonyl (C=O) groups excluding carboxylic acids is 1. The van der Waals surface area contributed by atoms with Crippen LogP contribution in [-0.4, -0.2) is 29.7 Å². The summed E-state index contributed by atoms with van der Waals surface area (Å²) in [5.74, 6) is 0.595. The van der Waals surface area contributed by atoms with Gasteiger partial charge in [0.15, 0.2) is 10.9 Å². The van der Waals surface area contributed by atoms with Crippen LogP contribution in [0.25, 0.3) is 6.08 Å². The molecule has 0 bridgehead atoms. The maximum atomic E-state index is 12.2. The Morgan fingerprint density at radius 3 is 2.64 bits per heavy atom. The molecule has 0 spiro atoms. The van der Waals surface area contributed by atoms with Crippen molar-refractivity contribution >= 4 is 40.3 Å². The standard InChI is InChI=1S/C19H17N3O5S/c1-3-27-14-7-5-13(6-8-14)20-19-21-18(23)17(28-19)11-12-4-9-16(26-2)15(10-12)22(24)25/h4-11H,3H2,1-2H3,(H,20,21,23)/b17-11+. The number of hydrogen-bond acceptors (Lipinski definition) is 7. The summed E-state index contributed by atoms with van der Waals surface area (Å²) in [7, 11) is 1.37. The average molecular weight is 399 g/mol. The summed E-state index contributed by atoms with van der Waals surface area (Å²) in [5.41, 5.74) is 1.03. The van der Waals surface area contributed by atoms with Gasteiger partial charge >= 0.3 is 5.69 Å². The van der Waals surface area contributed by atoms with Gasteiger partial charge in [0, 0.05) is 6.07 Å². The van der Waals surface area contributed by atoms with Gasteiger partial charge in [-0.25, -0.2) is 4.99 Å². The molecule has 1 heterocycles. The number of amidine groups is 1. The minimum absolute atomic E-state index is 0.161. The fourth-order valence-electron chi connectivity index (χ4n) is 2.47. The van der Waals surface area contributed by atoms with Crippen LogP contribution in [0.5, 0.6) is 11.5 Å². The van der Waals surface area contributed by atoms with Crippen molar-refractivity contribution in [3.05, 3.63) is 63.0 Å². The molecule has 0 radical (unpaired) electrons. The molecular weight excluding hydrogens is 382 g/mol. The Labute approximate surface area is 165 Å². The van der Waals surface area contributed by atoms with Gasteiger partial charge in [-0.1, -0.05) is 6.07 Å². The highest BCUT2D eigenvalue weighted by Crippen LogP contribution is 2.32. The first-order valence-corrected chi connectivity index (χ1v) is 9.16. The normalized spacial score (nSPS) is 16.3. The monoisotopic (exact) mass is 399 g/mol. The molecule has 0 unspecified atom stereocenters. The fraction of sp³-hybridized carbons (Fsp3) is 0.158. The van der Waals surface area contributed by atoms with Crippen molar-refractivity contribution in [2.75, 3.05) is 13.7 Å². The number of nitro groups is 1. The van der Waals surface area contributed by atoms with E-state index in [-0.39, 0.29) is 17.3 Å². The molecule has 8 nitrogen and oxygen atoms in total. The van der Waals surface area contributed by atoms with Crippen molar-refractivity contribution < 1.29 is 19.2 Å². The number of amides is 1. The Morgan fingerprint density at radius 1 is 1.25 bits per heavy atom. The van der Waals surface area contributed by atoms with Crippen LogP contribution < -0.4 is 14.8 Å². The number of aliphatic imine (C=N–C) groups is 1. The number of carbonyl (C=O) groups is 1. The topological polar surface area (TPSA) is 103 Å². The van der Waals surface area contributed by atoms with E-state index in [1.807, 2.05) is 6.92 Å². The largest absolute Gasteiger partial charge is 0.494 e. The summed E-state index contributed by atoms with van der Waals surface area (Å²) < 4.78 is 10.4. The Bertz CT molecular complexity index is 970. The second-order valence-corrected chi connectivity index (χ2v) is 6.63. The third-order valence-electron chi connectivity index (χ3n) is 3.73. The van der Waals surface area contributed by atoms with Gasteiger partial charge in [0.1, 0.15) is 5.75 Å². The van der Waals surface area contributed by atoms with Crippen LogP contribution in [0.1, 0.15) is 12.5 Å². The molecule has 9 heteroatoms. The van der Waals surface area contributed by atoms with Gasteiger partial charge in [-0.05, 0) is 60.7 Å². The van der Waals surface area contributed by atoms with E-state index in [2.05, 4.69) is 10.3 Å². The van der Waals surface area contributed by atoms with Crippen LogP contribution in [-0.2, 0) is 4.79 Å². The van der Waals surface area contributed by atoms with E-state index < -0.39 is 4.92 Å². The van der Waals surface area contributed by atoms with Gasteiger partial charge in [0.05, 0.1) is 29.2 Å². The third kappa shape index (κ3) is 4.49. The van der Waals surface area contributed by atoms with Crippen LogP contribution in [0.3, 0.4) is 0 Å². The number of nitrogens with one attached hydrogen (secondary N) is 1. The lowest BCUT2D eigenvalue weighted by Crippen LogP contribution is -2.19. The predicted octanol–water partition coefficient (Wildman–Crippen LogP) is 3.89. The Kier molecular flexibility index (Phi) is 5.95. The van der Waals surface area contributed by atoms with E-state index in [0.29, 0.717) is 27.9 Å². The molecule has 144 valence electrons. The van der Waals surface area contributed by atoms with E-state index in [1.54, 1.807) is 36.4 Å². The molecule has 1 aliphatic heterocycles. The first-order chi connectivity index (χ1) is 13.5. The van der Waals surface area contributed by atoms with E-state index in [0.717, 1.165) is 5.75 Å². The summed E-state index contributed by atoms with van der Waals surface area (Å²) in [6.45, 7) is 2.49. The molecule has 1 N–H and O–H groups in total. The fourth-order valence-corrected chi connectivity index (χ4v) is 3.31. The number of hydrogen-bond donors (Lipinski definition) is 1. The molecule has 0 saturated carbocycles. The van der Waals surface area contributed by atoms with Crippen LogP contribution >= 0.6 is 11.8 Å². The van der Waals surface area contributed by atoms with Gasteiger partial charge in [0.25, 0.3) is 5.91 Å². The highest BCUT2D eigenvalue weighted by molar-refractivity contribution is 8.18. The van der Waals surface area contributed by atoms with Gasteiger partial charge in [-0.15, -0.1) is 0 Å². The molecule has 3 rings (SSSR count). The van der Waals surface area contributed by atoms with Crippen molar-refractivity contribution in [2.45, 2.75) is 6.92 Å². The van der Waals surface area contributed by atoms with Crippen molar-refractivity contribution in [2.24, 2.45) is 4.99 Å².